The van der Waals surface area contributed by atoms with Gasteiger partial charge in [-0.05, 0) is 23.2 Å². The van der Waals surface area contributed by atoms with Crippen molar-refractivity contribution in [3.05, 3.63) is 22.2 Å². The smallest absolute Gasteiger partial charge is 0.215 e. The van der Waals surface area contributed by atoms with Crippen LogP contribution < -0.4 is 0 Å². The molecule has 1 aromatic rings. The van der Waals surface area contributed by atoms with E-state index in [9.17, 15) is 8.78 Å². The molecule has 1 aromatic heterocycles. The molecular formula is C5HCl3F2N2. The average molecular weight is 233 g/mol. The predicted octanol–water partition coefficient (Wildman–Crippen LogP) is 3.07. The van der Waals surface area contributed by atoms with E-state index < -0.39 is 11.1 Å². The predicted molar refractivity (Wildman–Crippen MR) is 41.8 cm³/mol. The van der Waals surface area contributed by atoms with Gasteiger partial charge in [0.05, 0.1) is 0 Å². The highest BCUT2D eigenvalue weighted by Crippen LogP contribution is 2.32. The van der Waals surface area contributed by atoms with Crippen LogP contribution in [0.4, 0.5) is 8.78 Å². The molecule has 0 unspecified atom stereocenters. The fourth-order valence-electron chi connectivity index (χ4n) is 0.535. The quantitative estimate of drug-likeness (QED) is 0.423. The minimum Gasteiger partial charge on any atom is -0.215 e. The van der Waals surface area contributed by atoms with E-state index >= 15 is 0 Å². The van der Waals surface area contributed by atoms with Crippen molar-refractivity contribution in [3.63, 3.8) is 0 Å². The molecule has 7 heteroatoms. The highest BCUT2D eigenvalue weighted by atomic mass is 35.5. The number of rotatable bonds is 1. The first-order valence-corrected chi connectivity index (χ1v) is 3.80. The van der Waals surface area contributed by atoms with Crippen molar-refractivity contribution in [2.45, 2.75) is 5.38 Å². The summed E-state index contributed by atoms with van der Waals surface area (Å²) in [7, 11) is 0. The van der Waals surface area contributed by atoms with Crippen LogP contribution in [0.5, 0.6) is 0 Å². The SMILES string of the molecule is FC(F)(Cl)c1cc(Cl)nc(Cl)n1. The van der Waals surface area contributed by atoms with Crippen molar-refractivity contribution in [2.75, 3.05) is 0 Å². The first-order valence-electron chi connectivity index (χ1n) is 2.67. The number of hydrogen-bond acceptors (Lipinski definition) is 2. The molecule has 0 amide bonds. The van der Waals surface area contributed by atoms with Gasteiger partial charge < -0.3 is 0 Å². The van der Waals surface area contributed by atoms with Gasteiger partial charge in [0.25, 0.3) is 0 Å². The first-order chi connectivity index (χ1) is 5.39. The molecule has 0 spiro atoms. The Bertz CT molecular complexity index is 279. The van der Waals surface area contributed by atoms with E-state index in [2.05, 4.69) is 21.6 Å². The monoisotopic (exact) mass is 232 g/mol. The van der Waals surface area contributed by atoms with Gasteiger partial charge in [0.15, 0.2) is 0 Å². The van der Waals surface area contributed by atoms with Gasteiger partial charge in [-0.15, -0.1) is 0 Å². The Labute approximate surface area is 81.5 Å². The van der Waals surface area contributed by atoms with E-state index in [1.54, 1.807) is 0 Å². The lowest BCUT2D eigenvalue weighted by atomic mass is 10.4. The maximum absolute atomic E-state index is 12.4. The third-order valence-corrected chi connectivity index (χ3v) is 1.51. The van der Waals surface area contributed by atoms with Crippen LogP contribution in [0.1, 0.15) is 5.69 Å². The molecule has 0 aliphatic heterocycles. The zero-order valence-corrected chi connectivity index (χ0v) is 7.63. The van der Waals surface area contributed by atoms with Crippen LogP contribution in [0.25, 0.3) is 0 Å². The van der Waals surface area contributed by atoms with Gasteiger partial charge in [-0.3, -0.25) is 0 Å². The molecule has 0 aliphatic carbocycles. The Morgan fingerprint density at radius 1 is 1.25 bits per heavy atom. The first kappa shape index (κ1) is 9.89. The standard InChI is InChI=1S/C5HCl3F2N2/c6-3-1-2(5(8,9)10)11-4(7)12-3/h1H. The maximum Gasteiger partial charge on any atom is 0.364 e. The van der Waals surface area contributed by atoms with Crippen molar-refractivity contribution in [2.24, 2.45) is 0 Å². The molecule has 0 atom stereocenters. The summed E-state index contributed by atoms with van der Waals surface area (Å²) in [5, 5.41) is -4.11. The Morgan fingerprint density at radius 3 is 2.25 bits per heavy atom. The molecule has 0 fully saturated rings. The van der Waals surface area contributed by atoms with Gasteiger partial charge in [-0.25, -0.2) is 9.97 Å². The van der Waals surface area contributed by atoms with Crippen LogP contribution in [0, 0.1) is 0 Å². The highest BCUT2D eigenvalue weighted by Gasteiger charge is 2.30. The van der Waals surface area contributed by atoms with E-state index in [1.165, 1.54) is 0 Å². The average Bonchev–Trinajstić information content (AvgIpc) is 1.82. The second-order valence-electron chi connectivity index (χ2n) is 1.84. The Hall–Kier alpha value is -0.190. The van der Waals surface area contributed by atoms with Crippen molar-refractivity contribution in [1.29, 1.82) is 0 Å². The summed E-state index contributed by atoms with van der Waals surface area (Å²) < 4.78 is 24.7. The van der Waals surface area contributed by atoms with Crippen LogP contribution in [0.15, 0.2) is 6.07 Å². The third-order valence-electron chi connectivity index (χ3n) is 0.958. The van der Waals surface area contributed by atoms with E-state index in [0.717, 1.165) is 6.07 Å². The van der Waals surface area contributed by atoms with Crippen LogP contribution in [-0.2, 0) is 5.38 Å². The van der Waals surface area contributed by atoms with Gasteiger partial charge in [0.1, 0.15) is 10.8 Å². The molecule has 1 heterocycles. The number of nitrogens with zero attached hydrogens (tertiary/aromatic N) is 2. The fourth-order valence-corrected chi connectivity index (χ4v) is 1.04. The maximum atomic E-state index is 12.4. The van der Waals surface area contributed by atoms with Gasteiger partial charge in [0, 0.05) is 6.07 Å². The van der Waals surface area contributed by atoms with Gasteiger partial charge in [0.2, 0.25) is 5.28 Å². The van der Waals surface area contributed by atoms with Crippen molar-refractivity contribution >= 4 is 34.8 Å². The normalized spacial score (nSPS) is 11.8. The summed E-state index contributed by atoms with van der Waals surface area (Å²) in [5.41, 5.74) is -0.714. The van der Waals surface area contributed by atoms with E-state index in [1.807, 2.05) is 0 Å². The van der Waals surface area contributed by atoms with Crippen LogP contribution in [0.2, 0.25) is 10.4 Å². The minimum atomic E-state index is -3.57. The van der Waals surface area contributed by atoms with Crippen molar-refractivity contribution in [1.82, 2.24) is 9.97 Å². The molecule has 0 N–H and O–H groups in total. The Morgan fingerprint density at radius 2 is 1.83 bits per heavy atom. The van der Waals surface area contributed by atoms with E-state index in [-0.39, 0.29) is 10.4 Å². The zero-order valence-electron chi connectivity index (χ0n) is 5.36. The number of hydrogen-bond donors (Lipinski definition) is 0. The lowest BCUT2D eigenvalue weighted by Gasteiger charge is -2.06. The number of alkyl halides is 3. The zero-order chi connectivity index (χ0) is 9.35. The molecule has 0 radical (unpaired) electrons. The van der Waals surface area contributed by atoms with E-state index in [0.29, 0.717) is 0 Å². The topological polar surface area (TPSA) is 25.8 Å². The lowest BCUT2D eigenvalue weighted by Crippen LogP contribution is -2.07. The summed E-state index contributed by atoms with van der Waals surface area (Å²) >= 11 is 15.2. The van der Waals surface area contributed by atoms with Crippen molar-refractivity contribution in [3.8, 4) is 0 Å². The third kappa shape index (κ3) is 2.40. The minimum absolute atomic E-state index is 0.176. The largest absolute Gasteiger partial charge is 0.364 e. The second kappa shape index (κ2) is 3.28. The molecule has 66 valence electrons. The lowest BCUT2D eigenvalue weighted by molar-refractivity contribution is 0.0898. The summed E-state index contributed by atoms with van der Waals surface area (Å²) in [6.07, 6.45) is 0. The molecule has 0 saturated carbocycles. The van der Waals surface area contributed by atoms with E-state index in [4.69, 9.17) is 23.2 Å². The second-order valence-corrected chi connectivity index (χ2v) is 3.04. The summed E-state index contributed by atoms with van der Waals surface area (Å²) in [4.78, 5) is 6.57. The molecular weight excluding hydrogens is 232 g/mol. The van der Waals surface area contributed by atoms with Crippen LogP contribution in [-0.4, -0.2) is 9.97 Å². The fraction of sp³-hybridized carbons (Fsp3) is 0.200. The number of halogens is 5. The summed E-state index contributed by atoms with van der Waals surface area (Å²) in [6, 6.07) is 0.848. The molecule has 0 saturated heterocycles. The van der Waals surface area contributed by atoms with Gasteiger partial charge >= 0.3 is 5.38 Å². The Balaban J connectivity index is 3.18. The highest BCUT2D eigenvalue weighted by molar-refractivity contribution is 6.32. The van der Waals surface area contributed by atoms with Crippen molar-refractivity contribution < 1.29 is 8.78 Å². The Kier molecular flexibility index (Phi) is 2.70. The molecule has 0 aliphatic rings. The van der Waals surface area contributed by atoms with Crippen LogP contribution >= 0.6 is 34.8 Å². The van der Waals surface area contributed by atoms with Gasteiger partial charge in [-0.2, -0.15) is 8.78 Å². The van der Waals surface area contributed by atoms with Crippen LogP contribution in [0.3, 0.4) is 0 Å². The summed E-state index contributed by atoms with van der Waals surface area (Å²) in [6.45, 7) is 0. The summed E-state index contributed by atoms with van der Waals surface area (Å²) in [5.74, 6) is 0. The molecule has 12 heavy (non-hydrogen) atoms. The molecule has 0 aromatic carbocycles. The molecule has 1 rings (SSSR count). The number of aromatic nitrogens is 2. The molecule has 2 nitrogen and oxygen atoms in total. The van der Waals surface area contributed by atoms with Gasteiger partial charge in [-0.1, -0.05) is 11.6 Å². The molecule has 0 bridgehead atoms.